The van der Waals surface area contributed by atoms with E-state index in [-0.39, 0.29) is 11.7 Å². The summed E-state index contributed by atoms with van der Waals surface area (Å²) in [5, 5.41) is 3.13. The van der Waals surface area contributed by atoms with E-state index in [1.807, 2.05) is 0 Å². The number of ether oxygens (including phenoxy) is 1. The fourth-order valence-corrected chi connectivity index (χ4v) is 1.96. The highest BCUT2D eigenvalue weighted by Crippen LogP contribution is 2.20. The third-order valence-corrected chi connectivity index (χ3v) is 3.00. The fourth-order valence-electron chi connectivity index (χ4n) is 1.96. The average molecular weight is 270 g/mol. The maximum Gasteiger partial charge on any atom is 0.263 e. The first-order chi connectivity index (χ1) is 9.09. The standard InChI is InChI=1S/C13H16F2N2O2/c1-9(13(18)17-7-5-16-6-8-17)19-11-4-2-3-10(14)12(11)15/h2-4,9,16H,5-8H2,1H3/t9-/m0/s1. The summed E-state index contributed by atoms with van der Waals surface area (Å²) in [4.78, 5) is 13.7. The molecule has 0 radical (unpaired) electrons. The van der Waals surface area contributed by atoms with Gasteiger partial charge in [0.05, 0.1) is 0 Å². The molecule has 1 heterocycles. The number of rotatable bonds is 3. The second-order valence-electron chi connectivity index (χ2n) is 4.39. The lowest BCUT2D eigenvalue weighted by Gasteiger charge is -2.29. The lowest BCUT2D eigenvalue weighted by Crippen LogP contribution is -2.50. The molecule has 1 aromatic rings. The summed E-state index contributed by atoms with van der Waals surface area (Å²) >= 11 is 0. The highest BCUT2D eigenvalue weighted by atomic mass is 19.2. The predicted molar refractivity (Wildman–Crippen MR) is 65.9 cm³/mol. The molecule has 0 aliphatic carbocycles. The highest BCUT2D eigenvalue weighted by Gasteiger charge is 2.24. The van der Waals surface area contributed by atoms with Gasteiger partial charge >= 0.3 is 0 Å². The van der Waals surface area contributed by atoms with Crippen LogP contribution in [0.15, 0.2) is 18.2 Å². The number of piperazine rings is 1. The van der Waals surface area contributed by atoms with Crippen LogP contribution in [-0.4, -0.2) is 43.1 Å². The maximum absolute atomic E-state index is 13.4. The van der Waals surface area contributed by atoms with Crippen molar-refractivity contribution in [2.75, 3.05) is 26.2 Å². The van der Waals surface area contributed by atoms with Crippen molar-refractivity contribution in [3.05, 3.63) is 29.8 Å². The van der Waals surface area contributed by atoms with Crippen LogP contribution in [0, 0.1) is 11.6 Å². The molecule has 1 atom stereocenters. The van der Waals surface area contributed by atoms with Gasteiger partial charge in [-0.3, -0.25) is 4.79 Å². The third kappa shape index (κ3) is 3.20. The van der Waals surface area contributed by atoms with Crippen LogP contribution < -0.4 is 10.1 Å². The number of nitrogens with one attached hydrogen (secondary N) is 1. The summed E-state index contributed by atoms with van der Waals surface area (Å²) < 4.78 is 31.7. The van der Waals surface area contributed by atoms with Crippen LogP contribution >= 0.6 is 0 Å². The van der Waals surface area contributed by atoms with E-state index in [1.54, 1.807) is 4.90 Å². The molecule has 1 saturated heterocycles. The van der Waals surface area contributed by atoms with Crippen molar-refractivity contribution in [1.82, 2.24) is 10.2 Å². The van der Waals surface area contributed by atoms with Crippen molar-refractivity contribution in [2.45, 2.75) is 13.0 Å². The molecule has 1 amide bonds. The Balaban J connectivity index is 2.01. The number of nitrogens with zero attached hydrogens (tertiary/aromatic N) is 1. The zero-order valence-corrected chi connectivity index (χ0v) is 10.7. The summed E-state index contributed by atoms with van der Waals surface area (Å²) in [6.45, 7) is 4.19. The van der Waals surface area contributed by atoms with Gasteiger partial charge in [0.1, 0.15) is 0 Å². The number of amides is 1. The maximum atomic E-state index is 13.4. The van der Waals surface area contributed by atoms with Crippen molar-refractivity contribution < 1.29 is 18.3 Å². The molecule has 1 aliphatic rings. The molecule has 0 aromatic heterocycles. The van der Waals surface area contributed by atoms with Crippen LogP contribution in [0.1, 0.15) is 6.92 Å². The molecule has 19 heavy (non-hydrogen) atoms. The Bertz CT molecular complexity index is 462. The molecule has 104 valence electrons. The topological polar surface area (TPSA) is 41.6 Å². The van der Waals surface area contributed by atoms with Gasteiger partial charge in [-0.1, -0.05) is 6.07 Å². The van der Waals surface area contributed by atoms with Crippen LogP contribution in [0.3, 0.4) is 0 Å². The Morgan fingerprint density at radius 1 is 1.37 bits per heavy atom. The summed E-state index contributed by atoms with van der Waals surface area (Å²) in [5.74, 6) is -2.51. The second kappa shape index (κ2) is 5.97. The van der Waals surface area contributed by atoms with E-state index in [0.29, 0.717) is 13.1 Å². The molecule has 0 saturated carbocycles. The Kier molecular flexibility index (Phi) is 4.31. The summed E-state index contributed by atoms with van der Waals surface area (Å²) in [5.41, 5.74) is 0. The molecule has 0 spiro atoms. The largest absolute Gasteiger partial charge is 0.478 e. The molecule has 1 aromatic carbocycles. The van der Waals surface area contributed by atoms with E-state index >= 15 is 0 Å². The zero-order valence-electron chi connectivity index (χ0n) is 10.7. The summed E-state index contributed by atoms with van der Waals surface area (Å²) in [6.07, 6.45) is -0.839. The first kappa shape index (κ1) is 13.7. The molecule has 1 fully saturated rings. The Labute approximate surface area is 110 Å². The van der Waals surface area contributed by atoms with E-state index < -0.39 is 17.7 Å². The van der Waals surface area contributed by atoms with Gasteiger partial charge < -0.3 is 15.0 Å². The molecule has 0 bridgehead atoms. The van der Waals surface area contributed by atoms with Gasteiger partial charge in [0, 0.05) is 26.2 Å². The summed E-state index contributed by atoms with van der Waals surface area (Å²) in [7, 11) is 0. The van der Waals surface area contributed by atoms with Crippen molar-refractivity contribution in [2.24, 2.45) is 0 Å². The summed E-state index contributed by atoms with van der Waals surface area (Å²) in [6, 6.07) is 3.65. The number of carbonyl (C=O) groups excluding carboxylic acids is 1. The van der Waals surface area contributed by atoms with Crippen molar-refractivity contribution in [3.8, 4) is 5.75 Å². The number of hydrogen-bond donors (Lipinski definition) is 1. The molecule has 6 heteroatoms. The van der Waals surface area contributed by atoms with Gasteiger partial charge in [-0.05, 0) is 19.1 Å². The molecular formula is C13H16F2N2O2. The lowest BCUT2D eigenvalue weighted by molar-refractivity contribution is -0.138. The van der Waals surface area contributed by atoms with E-state index in [9.17, 15) is 13.6 Å². The first-order valence-electron chi connectivity index (χ1n) is 6.20. The molecular weight excluding hydrogens is 254 g/mol. The third-order valence-electron chi connectivity index (χ3n) is 3.00. The normalized spacial score (nSPS) is 17.1. The number of hydrogen-bond acceptors (Lipinski definition) is 3. The monoisotopic (exact) mass is 270 g/mol. The van der Waals surface area contributed by atoms with E-state index in [2.05, 4.69) is 5.32 Å². The predicted octanol–water partition coefficient (Wildman–Crippen LogP) is 1.16. The number of carbonyl (C=O) groups is 1. The highest BCUT2D eigenvalue weighted by molar-refractivity contribution is 5.81. The van der Waals surface area contributed by atoms with Gasteiger partial charge in [0.25, 0.3) is 5.91 Å². The van der Waals surface area contributed by atoms with Gasteiger partial charge in [0.15, 0.2) is 17.7 Å². The Morgan fingerprint density at radius 3 is 2.74 bits per heavy atom. The van der Waals surface area contributed by atoms with Gasteiger partial charge in [0.2, 0.25) is 5.82 Å². The van der Waals surface area contributed by atoms with Gasteiger partial charge in [-0.15, -0.1) is 0 Å². The van der Waals surface area contributed by atoms with Crippen molar-refractivity contribution in [3.63, 3.8) is 0 Å². The first-order valence-corrected chi connectivity index (χ1v) is 6.20. The minimum Gasteiger partial charge on any atom is -0.478 e. The van der Waals surface area contributed by atoms with Crippen molar-refractivity contribution >= 4 is 5.91 Å². The molecule has 1 N–H and O–H groups in total. The fraction of sp³-hybridized carbons (Fsp3) is 0.462. The van der Waals surface area contributed by atoms with Crippen LogP contribution in [0.4, 0.5) is 8.78 Å². The van der Waals surface area contributed by atoms with Crippen LogP contribution in [0.25, 0.3) is 0 Å². The Morgan fingerprint density at radius 2 is 2.05 bits per heavy atom. The van der Waals surface area contributed by atoms with Crippen LogP contribution in [0.5, 0.6) is 5.75 Å². The molecule has 1 aliphatic heterocycles. The quantitative estimate of drug-likeness (QED) is 0.896. The van der Waals surface area contributed by atoms with Crippen LogP contribution in [0.2, 0.25) is 0 Å². The average Bonchev–Trinajstić information content (AvgIpc) is 2.44. The molecule has 0 unspecified atom stereocenters. The van der Waals surface area contributed by atoms with E-state index in [4.69, 9.17) is 4.74 Å². The van der Waals surface area contributed by atoms with E-state index in [1.165, 1.54) is 19.1 Å². The minimum atomic E-state index is -1.07. The van der Waals surface area contributed by atoms with Gasteiger partial charge in [-0.25, -0.2) is 4.39 Å². The van der Waals surface area contributed by atoms with E-state index in [0.717, 1.165) is 19.2 Å². The SMILES string of the molecule is C[C@H](Oc1cccc(F)c1F)C(=O)N1CCNCC1. The van der Waals surface area contributed by atoms with Crippen LogP contribution in [-0.2, 0) is 4.79 Å². The second-order valence-corrected chi connectivity index (χ2v) is 4.39. The molecule has 2 rings (SSSR count). The minimum absolute atomic E-state index is 0.217. The Hall–Kier alpha value is -1.69. The molecule has 4 nitrogen and oxygen atoms in total. The number of benzene rings is 1. The number of halogens is 2. The lowest BCUT2D eigenvalue weighted by atomic mass is 10.2. The zero-order chi connectivity index (χ0) is 13.8. The van der Waals surface area contributed by atoms with Gasteiger partial charge in [-0.2, -0.15) is 4.39 Å². The smallest absolute Gasteiger partial charge is 0.263 e. The van der Waals surface area contributed by atoms with Crippen molar-refractivity contribution in [1.29, 1.82) is 0 Å².